The molecular formula is C21H22N2O. The molecule has 6 rings (SSSR count). The first kappa shape index (κ1) is 14.2. The first-order chi connectivity index (χ1) is 11.8. The number of hydrogen-bond acceptors (Lipinski definition) is 2. The second-order valence-electron chi connectivity index (χ2n) is 7.34. The summed E-state index contributed by atoms with van der Waals surface area (Å²) >= 11 is 0. The van der Waals surface area contributed by atoms with E-state index in [9.17, 15) is 4.79 Å². The number of fused-ring (bicyclic) bond motifs is 4. The Kier molecular flexibility index (Phi) is 3.23. The molecule has 0 saturated carbocycles. The average molecular weight is 318 g/mol. The predicted molar refractivity (Wildman–Crippen MR) is 94.7 cm³/mol. The lowest BCUT2D eigenvalue weighted by Gasteiger charge is -2.48. The highest BCUT2D eigenvalue weighted by atomic mass is 16.2. The van der Waals surface area contributed by atoms with Crippen molar-refractivity contribution in [2.75, 3.05) is 19.6 Å². The lowest BCUT2D eigenvalue weighted by Crippen LogP contribution is -2.57. The van der Waals surface area contributed by atoms with Crippen LogP contribution in [0, 0.1) is 5.92 Å². The van der Waals surface area contributed by atoms with Crippen LogP contribution in [0.5, 0.6) is 0 Å². The monoisotopic (exact) mass is 318 g/mol. The van der Waals surface area contributed by atoms with Crippen molar-refractivity contribution in [1.82, 2.24) is 9.80 Å². The van der Waals surface area contributed by atoms with Crippen LogP contribution in [0.3, 0.4) is 0 Å². The summed E-state index contributed by atoms with van der Waals surface area (Å²) in [5, 5.41) is 0. The van der Waals surface area contributed by atoms with Crippen LogP contribution < -0.4 is 0 Å². The van der Waals surface area contributed by atoms with E-state index < -0.39 is 0 Å². The van der Waals surface area contributed by atoms with Gasteiger partial charge in [-0.1, -0.05) is 48.5 Å². The van der Waals surface area contributed by atoms with Crippen molar-refractivity contribution in [3.8, 4) is 11.1 Å². The molecule has 2 aromatic rings. The summed E-state index contributed by atoms with van der Waals surface area (Å²) in [6.07, 6.45) is 2.49. The molecule has 2 aromatic carbocycles. The van der Waals surface area contributed by atoms with E-state index in [0.29, 0.717) is 12.0 Å². The molecule has 0 spiro atoms. The second-order valence-corrected chi connectivity index (χ2v) is 7.34. The van der Waals surface area contributed by atoms with E-state index in [4.69, 9.17) is 0 Å². The highest BCUT2D eigenvalue weighted by Gasteiger charge is 2.42. The van der Waals surface area contributed by atoms with E-state index >= 15 is 0 Å². The number of nitrogens with zero attached hydrogens (tertiary/aromatic N) is 2. The highest BCUT2D eigenvalue weighted by molar-refractivity contribution is 6.04. The van der Waals surface area contributed by atoms with Gasteiger partial charge in [-0.15, -0.1) is 0 Å². The Balaban J connectivity index is 1.52. The topological polar surface area (TPSA) is 23.6 Å². The Hall–Kier alpha value is -2.13. The molecular weight excluding hydrogens is 296 g/mol. The number of amides is 1. The average Bonchev–Trinajstić information content (AvgIpc) is 3.00. The van der Waals surface area contributed by atoms with Crippen LogP contribution in [0.4, 0.5) is 0 Å². The molecule has 3 heteroatoms. The van der Waals surface area contributed by atoms with E-state index in [0.717, 1.165) is 29.8 Å². The van der Waals surface area contributed by atoms with Gasteiger partial charge in [0.1, 0.15) is 0 Å². The molecule has 1 atom stereocenters. The Morgan fingerprint density at radius 2 is 1.71 bits per heavy atom. The van der Waals surface area contributed by atoms with Crippen LogP contribution in [0.15, 0.2) is 48.5 Å². The van der Waals surface area contributed by atoms with Gasteiger partial charge in [0.15, 0.2) is 0 Å². The van der Waals surface area contributed by atoms with E-state index in [-0.39, 0.29) is 5.91 Å². The largest absolute Gasteiger partial charge is 0.330 e. The molecule has 0 aliphatic carbocycles. The second kappa shape index (κ2) is 5.45. The van der Waals surface area contributed by atoms with Crippen LogP contribution in [-0.2, 0) is 6.54 Å². The van der Waals surface area contributed by atoms with Crippen LogP contribution in [0.1, 0.15) is 28.8 Å². The number of carbonyl (C=O) groups is 1. The zero-order valence-electron chi connectivity index (χ0n) is 13.8. The smallest absolute Gasteiger partial charge is 0.255 e. The third kappa shape index (κ3) is 2.11. The van der Waals surface area contributed by atoms with Gasteiger partial charge < -0.3 is 9.80 Å². The van der Waals surface area contributed by atoms with E-state index in [1.807, 2.05) is 18.2 Å². The minimum absolute atomic E-state index is 0.239. The third-order valence-electron chi connectivity index (χ3n) is 6.07. The molecule has 0 unspecified atom stereocenters. The molecule has 122 valence electrons. The van der Waals surface area contributed by atoms with Gasteiger partial charge in [0.25, 0.3) is 5.91 Å². The Labute approximate surface area is 142 Å². The maximum absolute atomic E-state index is 13.3. The standard InChI is InChI=1S/C21H22N2O/c24-21-20-17(7-4-8-18(20)15-5-2-1-3-6-15)13-23(21)19-14-22-11-9-16(19)10-12-22/h1-8,16,19H,9-14H2/t19-/m0/s1. The molecule has 3 nitrogen and oxygen atoms in total. The summed E-state index contributed by atoms with van der Waals surface area (Å²) in [5.74, 6) is 0.927. The SMILES string of the molecule is O=C1c2c(cccc2-c2ccccc2)CN1[C@H]1CN2CCC1CC2. The fourth-order valence-electron chi connectivity index (χ4n) is 4.80. The van der Waals surface area contributed by atoms with Gasteiger partial charge in [0, 0.05) is 19.1 Å². The number of hydrogen-bond donors (Lipinski definition) is 0. The van der Waals surface area contributed by atoms with Gasteiger partial charge in [-0.25, -0.2) is 0 Å². The van der Waals surface area contributed by atoms with Crippen LogP contribution >= 0.6 is 0 Å². The minimum atomic E-state index is 0.239. The third-order valence-corrected chi connectivity index (χ3v) is 6.07. The van der Waals surface area contributed by atoms with Crippen LogP contribution in [0.25, 0.3) is 11.1 Å². The molecule has 0 radical (unpaired) electrons. The van der Waals surface area contributed by atoms with E-state index in [1.165, 1.54) is 31.5 Å². The molecule has 1 amide bonds. The van der Waals surface area contributed by atoms with Gasteiger partial charge in [-0.05, 0) is 48.5 Å². The number of piperidine rings is 3. The molecule has 24 heavy (non-hydrogen) atoms. The minimum Gasteiger partial charge on any atom is -0.330 e. The molecule has 3 fully saturated rings. The first-order valence-corrected chi connectivity index (χ1v) is 9.02. The zero-order valence-corrected chi connectivity index (χ0v) is 13.8. The van der Waals surface area contributed by atoms with Gasteiger partial charge in [0.2, 0.25) is 0 Å². The van der Waals surface area contributed by atoms with Crippen molar-refractivity contribution in [3.05, 3.63) is 59.7 Å². The first-order valence-electron chi connectivity index (χ1n) is 9.02. The van der Waals surface area contributed by atoms with Gasteiger partial charge >= 0.3 is 0 Å². The van der Waals surface area contributed by atoms with E-state index in [1.54, 1.807) is 0 Å². The van der Waals surface area contributed by atoms with Gasteiger partial charge in [-0.3, -0.25) is 4.79 Å². The van der Waals surface area contributed by atoms with Crippen molar-refractivity contribution in [2.24, 2.45) is 5.92 Å². The van der Waals surface area contributed by atoms with E-state index in [2.05, 4.69) is 40.1 Å². The number of carbonyl (C=O) groups excluding carboxylic acids is 1. The van der Waals surface area contributed by atoms with Gasteiger partial charge in [-0.2, -0.15) is 0 Å². The van der Waals surface area contributed by atoms with Crippen molar-refractivity contribution in [1.29, 1.82) is 0 Å². The molecule has 4 aliphatic heterocycles. The summed E-state index contributed by atoms with van der Waals surface area (Å²) in [7, 11) is 0. The number of rotatable bonds is 2. The van der Waals surface area contributed by atoms with Crippen LogP contribution in [0.2, 0.25) is 0 Å². The lowest BCUT2D eigenvalue weighted by molar-refractivity contribution is 0.00848. The van der Waals surface area contributed by atoms with Crippen molar-refractivity contribution < 1.29 is 4.79 Å². The maximum Gasteiger partial charge on any atom is 0.255 e. The lowest BCUT2D eigenvalue weighted by atomic mass is 9.83. The quantitative estimate of drug-likeness (QED) is 0.847. The fourth-order valence-corrected chi connectivity index (χ4v) is 4.80. The maximum atomic E-state index is 13.3. The Morgan fingerprint density at radius 3 is 2.42 bits per heavy atom. The Morgan fingerprint density at radius 1 is 0.917 bits per heavy atom. The fraction of sp³-hybridized carbons (Fsp3) is 0.381. The summed E-state index contributed by atoms with van der Waals surface area (Å²) in [4.78, 5) is 18.0. The normalized spacial score (nSPS) is 28.2. The zero-order chi connectivity index (χ0) is 16.1. The summed E-state index contributed by atoms with van der Waals surface area (Å²) in [6, 6.07) is 17.0. The molecule has 2 bridgehead atoms. The molecule has 4 aliphatic rings. The predicted octanol–water partition coefficient (Wildman–Crippen LogP) is 3.40. The molecule has 3 saturated heterocycles. The van der Waals surface area contributed by atoms with Crippen LogP contribution in [-0.4, -0.2) is 41.4 Å². The Bertz CT molecular complexity index is 778. The molecule has 0 aromatic heterocycles. The van der Waals surface area contributed by atoms with Crippen molar-refractivity contribution in [2.45, 2.75) is 25.4 Å². The molecule has 4 heterocycles. The summed E-state index contributed by atoms with van der Waals surface area (Å²) < 4.78 is 0. The van der Waals surface area contributed by atoms with Gasteiger partial charge in [0.05, 0.1) is 5.56 Å². The summed E-state index contributed by atoms with van der Waals surface area (Å²) in [6.45, 7) is 4.27. The summed E-state index contributed by atoms with van der Waals surface area (Å²) in [5.41, 5.74) is 4.35. The highest BCUT2D eigenvalue weighted by Crippen LogP contribution is 2.38. The number of benzene rings is 2. The molecule has 0 N–H and O–H groups in total. The van der Waals surface area contributed by atoms with Crippen molar-refractivity contribution in [3.63, 3.8) is 0 Å². The van der Waals surface area contributed by atoms with Crippen molar-refractivity contribution >= 4 is 5.91 Å².